The van der Waals surface area contributed by atoms with E-state index in [0.29, 0.717) is 12.7 Å². The molecule has 3 heteroatoms. The minimum absolute atomic E-state index is 0.159. The van der Waals surface area contributed by atoms with Crippen molar-refractivity contribution in [2.45, 2.75) is 45.6 Å². The van der Waals surface area contributed by atoms with Gasteiger partial charge in [-0.05, 0) is 31.9 Å². The molecule has 1 heterocycles. The lowest BCUT2D eigenvalue weighted by Gasteiger charge is -2.26. The fourth-order valence-electron chi connectivity index (χ4n) is 1.64. The fraction of sp³-hybridized carbons (Fsp3) is 0.600. The summed E-state index contributed by atoms with van der Waals surface area (Å²) >= 11 is 0. The van der Waals surface area contributed by atoms with Crippen LogP contribution in [0.4, 0.5) is 0 Å². The van der Waals surface area contributed by atoms with Crippen LogP contribution in [0.2, 0.25) is 0 Å². The Morgan fingerprint density at radius 3 is 2.28 bits per heavy atom. The molecule has 18 heavy (non-hydrogen) atoms. The van der Waals surface area contributed by atoms with E-state index in [0.717, 1.165) is 19.8 Å². The van der Waals surface area contributed by atoms with Crippen molar-refractivity contribution < 1.29 is 9.47 Å². The molecular formula is C15H23NO2. The van der Waals surface area contributed by atoms with E-state index in [2.05, 4.69) is 50.4 Å². The average Bonchev–Trinajstić information content (AvgIpc) is 2.25. The van der Waals surface area contributed by atoms with Gasteiger partial charge in [-0.1, -0.05) is 24.3 Å². The molecule has 2 rings (SSSR count). The lowest BCUT2D eigenvalue weighted by atomic mass is 10.1. The number of benzene rings is 1. The number of hydrogen-bond acceptors (Lipinski definition) is 3. The molecule has 1 aliphatic rings. The third-order valence-corrected chi connectivity index (χ3v) is 2.94. The van der Waals surface area contributed by atoms with Gasteiger partial charge >= 0.3 is 0 Å². The van der Waals surface area contributed by atoms with Crippen molar-refractivity contribution in [3.05, 3.63) is 35.4 Å². The van der Waals surface area contributed by atoms with Gasteiger partial charge in [-0.2, -0.15) is 0 Å². The standard InChI is InChI=1S/C15H23NO2/c1-15(2,3)16-8-12-4-6-13(7-5-12)9-18-14-10-17-11-14/h4-7,14,16H,8-11H2,1-3H3. The highest BCUT2D eigenvalue weighted by molar-refractivity contribution is 5.22. The summed E-state index contributed by atoms with van der Waals surface area (Å²) < 4.78 is 10.8. The molecule has 0 atom stereocenters. The Kier molecular flexibility index (Phi) is 4.38. The first-order chi connectivity index (χ1) is 8.53. The molecule has 0 radical (unpaired) electrons. The van der Waals surface area contributed by atoms with E-state index in [1.54, 1.807) is 0 Å². The van der Waals surface area contributed by atoms with Crippen LogP contribution in [0.15, 0.2) is 24.3 Å². The minimum atomic E-state index is 0.159. The second-order valence-electron chi connectivity index (χ2n) is 5.89. The Morgan fingerprint density at radius 2 is 1.78 bits per heavy atom. The molecule has 1 aromatic carbocycles. The zero-order valence-electron chi connectivity index (χ0n) is 11.5. The van der Waals surface area contributed by atoms with Crippen molar-refractivity contribution in [2.75, 3.05) is 13.2 Å². The SMILES string of the molecule is CC(C)(C)NCc1ccc(COC2COC2)cc1. The predicted molar refractivity (Wildman–Crippen MR) is 72.4 cm³/mol. The van der Waals surface area contributed by atoms with Gasteiger partial charge in [0, 0.05) is 12.1 Å². The van der Waals surface area contributed by atoms with E-state index in [1.165, 1.54) is 11.1 Å². The van der Waals surface area contributed by atoms with Gasteiger partial charge < -0.3 is 14.8 Å². The molecular weight excluding hydrogens is 226 g/mol. The first-order valence-corrected chi connectivity index (χ1v) is 6.55. The Morgan fingerprint density at radius 1 is 1.17 bits per heavy atom. The molecule has 0 bridgehead atoms. The second-order valence-corrected chi connectivity index (χ2v) is 5.89. The van der Waals surface area contributed by atoms with Crippen molar-refractivity contribution in [2.24, 2.45) is 0 Å². The van der Waals surface area contributed by atoms with E-state index in [4.69, 9.17) is 9.47 Å². The van der Waals surface area contributed by atoms with Crippen molar-refractivity contribution in [1.82, 2.24) is 5.32 Å². The quantitative estimate of drug-likeness (QED) is 0.869. The highest BCUT2D eigenvalue weighted by Crippen LogP contribution is 2.11. The topological polar surface area (TPSA) is 30.5 Å². The molecule has 0 spiro atoms. The summed E-state index contributed by atoms with van der Waals surface area (Å²) in [4.78, 5) is 0. The summed E-state index contributed by atoms with van der Waals surface area (Å²) in [5.41, 5.74) is 2.69. The summed E-state index contributed by atoms with van der Waals surface area (Å²) in [5.74, 6) is 0. The molecule has 0 amide bonds. The number of rotatable bonds is 5. The molecule has 1 fully saturated rings. The molecule has 1 saturated heterocycles. The van der Waals surface area contributed by atoms with E-state index >= 15 is 0 Å². The molecule has 0 aromatic heterocycles. The van der Waals surface area contributed by atoms with Gasteiger partial charge in [0.15, 0.2) is 0 Å². The Balaban J connectivity index is 1.77. The predicted octanol–water partition coefficient (Wildman–Crippen LogP) is 2.49. The fourth-order valence-corrected chi connectivity index (χ4v) is 1.64. The first kappa shape index (κ1) is 13.5. The van der Waals surface area contributed by atoms with E-state index < -0.39 is 0 Å². The summed E-state index contributed by atoms with van der Waals surface area (Å²) in [5, 5.41) is 3.48. The number of ether oxygens (including phenoxy) is 2. The maximum absolute atomic E-state index is 5.68. The van der Waals surface area contributed by atoms with Gasteiger partial charge in [0.05, 0.1) is 19.8 Å². The third-order valence-electron chi connectivity index (χ3n) is 2.94. The average molecular weight is 249 g/mol. The van der Waals surface area contributed by atoms with Gasteiger partial charge in [-0.15, -0.1) is 0 Å². The van der Waals surface area contributed by atoms with Crippen LogP contribution >= 0.6 is 0 Å². The molecule has 0 unspecified atom stereocenters. The molecule has 3 nitrogen and oxygen atoms in total. The van der Waals surface area contributed by atoms with Gasteiger partial charge in [-0.3, -0.25) is 0 Å². The van der Waals surface area contributed by atoms with Gasteiger partial charge in [0.1, 0.15) is 6.10 Å². The Labute approximate surface area is 109 Å². The third kappa shape index (κ3) is 4.41. The van der Waals surface area contributed by atoms with E-state index in [1.807, 2.05) is 0 Å². The summed E-state index contributed by atoms with van der Waals surface area (Å²) in [6.07, 6.45) is 0.298. The van der Waals surface area contributed by atoms with Gasteiger partial charge in [0.25, 0.3) is 0 Å². The summed E-state index contributed by atoms with van der Waals surface area (Å²) in [6, 6.07) is 8.60. The lowest BCUT2D eigenvalue weighted by molar-refractivity contribution is -0.135. The van der Waals surface area contributed by atoms with Crippen LogP contribution in [-0.2, 0) is 22.6 Å². The lowest BCUT2D eigenvalue weighted by Crippen LogP contribution is -2.35. The highest BCUT2D eigenvalue weighted by atomic mass is 16.6. The van der Waals surface area contributed by atoms with Crippen LogP contribution in [0.5, 0.6) is 0 Å². The second kappa shape index (κ2) is 5.83. The smallest absolute Gasteiger partial charge is 0.105 e. The molecule has 1 N–H and O–H groups in total. The molecule has 100 valence electrons. The van der Waals surface area contributed by atoms with Gasteiger partial charge in [-0.25, -0.2) is 0 Å². The van der Waals surface area contributed by atoms with E-state index in [9.17, 15) is 0 Å². The Bertz CT molecular complexity index is 363. The van der Waals surface area contributed by atoms with Crippen molar-refractivity contribution >= 4 is 0 Å². The summed E-state index contributed by atoms with van der Waals surface area (Å²) in [6.45, 7) is 9.60. The normalized spacial score (nSPS) is 16.6. The molecule has 1 aliphatic heterocycles. The Hall–Kier alpha value is -0.900. The zero-order valence-corrected chi connectivity index (χ0v) is 11.5. The first-order valence-electron chi connectivity index (χ1n) is 6.55. The van der Waals surface area contributed by atoms with Crippen LogP contribution in [0.25, 0.3) is 0 Å². The number of hydrogen-bond donors (Lipinski definition) is 1. The maximum Gasteiger partial charge on any atom is 0.105 e. The van der Waals surface area contributed by atoms with Gasteiger partial charge in [0.2, 0.25) is 0 Å². The van der Waals surface area contributed by atoms with Crippen LogP contribution in [0.3, 0.4) is 0 Å². The van der Waals surface area contributed by atoms with Crippen molar-refractivity contribution in [3.8, 4) is 0 Å². The zero-order chi connectivity index (χ0) is 13.0. The summed E-state index contributed by atoms with van der Waals surface area (Å²) in [7, 11) is 0. The van der Waals surface area contributed by atoms with Crippen LogP contribution in [0.1, 0.15) is 31.9 Å². The van der Waals surface area contributed by atoms with Crippen LogP contribution < -0.4 is 5.32 Å². The van der Waals surface area contributed by atoms with E-state index in [-0.39, 0.29) is 5.54 Å². The molecule has 0 saturated carbocycles. The minimum Gasteiger partial charge on any atom is -0.376 e. The monoisotopic (exact) mass is 249 g/mol. The molecule has 1 aromatic rings. The molecule has 0 aliphatic carbocycles. The van der Waals surface area contributed by atoms with Crippen molar-refractivity contribution in [1.29, 1.82) is 0 Å². The van der Waals surface area contributed by atoms with Crippen LogP contribution in [0, 0.1) is 0 Å². The number of nitrogens with one attached hydrogen (secondary N) is 1. The maximum atomic E-state index is 5.68. The largest absolute Gasteiger partial charge is 0.376 e. The highest BCUT2D eigenvalue weighted by Gasteiger charge is 2.18. The van der Waals surface area contributed by atoms with Crippen molar-refractivity contribution in [3.63, 3.8) is 0 Å². The van der Waals surface area contributed by atoms with Crippen LogP contribution in [-0.4, -0.2) is 24.9 Å².